The lowest BCUT2D eigenvalue weighted by Crippen LogP contribution is -2.28. The first-order valence-electron chi connectivity index (χ1n) is 6.35. The minimum absolute atomic E-state index is 0.0510. The number of hydrogen-bond donors (Lipinski definition) is 1. The van der Waals surface area contributed by atoms with E-state index < -0.39 is 0 Å². The summed E-state index contributed by atoms with van der Waals surface area (Å²) in [6.45, 7) is 1.95. The predicted octanol–water partition coefficient (Wildman–Crippen LogP) is 4.41. The molecule has 1 N–H and O–H groups in total. The monoisotopic (exact) mass is 307 g/mol. The Labute approximate surface area is 128 Å². The number of amides is 1. The Hall–Kier alpha value is -1.51. The smallest absolute Gasteiger partial charge is 0.225 e. The molecule has 0 spiro atoms. The molecule has 0 saturated carbocycles. The highest BCUT2D eigenvalue weighted by molar-refractivity contribution is 6.36. The fourth-order valence-corrected chi connectivity index (χ4v) is 2.51. The van der Waals surface area contributed by atoms with Crippen molar-refractivity contribution in [2.24, 2.45) is 0 Å². The van der Waals surface area contributed by atoms with Gasteiger partial charge in [0.25, 0.3) is 0 Å². The number of carbonyl (C=O) groups is 1. The molecular formula is C16H15Cl2NO. The van der Waals surface area contributed by atoms with E-state index in [9.17, 15) is 4.79 Å². The van der Waals surface area contributed by atoms with Crippen molar-refractivity contribution < 1.29 is 4.79 Å². The van der Waals surface area contributed by atoms with E-state index in [0.717, 1.165) is 5.56 Å². The van der Waals surface area contributed by atoms with Gasteiger partial charge in [0.05, 0.1) is 12.5 Å². The molecule has 2 rings (SSSR count). The second-order valence-electron chi connectivity index (χ2n) is 4.58. The molecule has 0 aliphatic carbocycles. The molecule has 0 aliphatic heterocycles. The lowest BCUT2D eigenvalue weighted by Gasteiger charge is -2.15. The van der Waals surface area contributed by atoms with Crippen LogP contribution in [0.15, 0.2) is 48.5 Å². The summed E-state index contributed by atoms with van der Waals surface area (Å²) in [6, 6.07) is 15.0. The molecule has 2 nitrogen and oxygen atoms in total. The van der Waals surface area contributed by atoms with Gasteiger partial charge in [-0.2, -0.15) is 0 Å². The van der Waals surface area contributed by atoms with E-state index in [1.807, 2.05) is 37.3 Å². The SMILES string of the molecule is CC(NC(=O)Cc1c(Cl)cccc1Cl)c1ccccc1. The van der Waals surface area contributed by atoms with Crippen LogP contribution in [0.5, 0.6) is 0 Å². The molecule has 4 heteroatoms. The van der Waals surface area contributed by atoms with Gasteiger partial charge in [0, 0.05) is 10.0 Å². The van der Waals surface area contributed by atoms with E-state index in [1.165, 1.54) is 0 Å². The summed E-state index contributed by atoms with van der Waals surface area (Å²) in [5, 5.41) is 3.97. The largest absolute Gasteiger partial charge is 0.349 e. The molecule has 20 heavy (non-hydrogen) atoms. The fourth-order valence-electron chi connectivity index (χ4n) is 1.98. The van der Waals surface area contributed by atoms with Crippen molar-refractivity contribution in [1.82, 2.24) is 5.32 Å². The van der Waals surface area contributed by atoms with Crippen molar-refractivity contribution in [2.45, 2.75) is 19.4 Å². The van der Waals surface area contributed by atoms with E-state index in [4.69, 9.17) is 23.2 Å². The maximum absolute atomic E-state index is 12.1. The number of rotatable bonds is 4. The van der Waals surface area contributed by atoms with E-state index >= 15 is 0 Å². The van der Waals surface area contributed by atoms with Crippen molar-refractivity contribution in [1.29, 1.82) is 0 Å². The van der Waals surface area contributed by atoms with Gasteiger partial charge < -0.3 is 5.32 Å². The number of halogens is 2. The normalized spacial score (nSPS) is 11.9. The maximum atomic E-state index is 12.1. The Morgan fingerprint density at radius 3 is 2.25 bits per heavy atom. The number of benzene rings is 2. The summed E-state index contributed by atoms with van der Waals surface area (Å²) in [7, 11) is 0. The van der Waals surface area contributed by atoms with Crippen LogP contribution >= 0.6 is 23.2 Å². The first kappa shape index (κ1) is 14.9. The zero-order valence-electron chi connectivity index (χ0n) is 11.1. The quantitative estimate of drug-likeness (QED) is 0.890. The van der Waals surface area contributed by atoms with E-state index in [1.54, 1.807) is 18.2 Å². The standard InChI is InChI=1S/C16H15Cl2NO/c1-11(12-6-3-2-4-7-12)19-16(20)10-13-14(17)8-5-9-15(13)18/h2-9,11H,10H2,1H3,(H,19,20). The molecule has 0 heterocycles. The molecule has 104 valence electrons. The van der Waals surface area contributed by atoms with Gasteiger partial charge in [-0.3, -0.25) is 4.79 Å². The van der Waals surface area contributed by atoms with Gasteiger partial charge in [0.15, 0.2) is 0 Å². The van der Waals surface area contributed by atoms with Crippen molar-refractivity contribution in [3.63, 3.8) is 0 Å². The average Bonchev–Trinajstić information content (AvgIpc) is 2.44. The highest BCUT2D eigenvalue weighted by atomic mass is 35.5. The zero-order chi connectivity index (χ0) is 14.5. The number of carbonyl (C=O) groups excluding carboxylic acids is 1. The van der Waals surface area contributed by atoms with Crippen molar-refractivity contribution in [3.8, 4) is 0 Å². The summed E-state index contributed by atoms with van der Waals surface area (Å²) in [6.07, 6.45) is 0.176. The molecule has 0 aromatic heterocycles. The minimum Gasteiger partial charge on any atom is -0.349 e. The highest BCUT2D eigenvalue weighted by Gasteiger charge is 2.13. The van der Waals surface area contributed by atoms with Gasteiger partial charge >= 0.3 is 0 Å². The van der Waals surface area contributed by atoms with Gasteiger partial charge in [0.2, 0.25) is 5.91 Å². The van der Waals surface area contributed by atoms with Crippen LogP contribution in [0.3, 0.4) is 0 Å². The van der Waals surface area contributed by atoms with Crippen molar-refractivity contribution in [2.75, 3.05) is 0 Å². The number of nitrogens with one attached hydrogen (secondary N) is 1. The second kappa shape index (κ2) is 6.78. The van der Waals surface area contributed by atoms with E-state index in [-0.39, 0.29) is 18.4 Å². The van der Waals surface area contributed by atoms with Gasteiger partial charge in [-0.1, -0.05) is 59.6 Å². The Morgan fingerprint density at radius 2 is 1.65 bits per heavy atom. The van der Waals surface area contributed by atoms with Crippen molar-refractivity contribution in [3.05, 3.63) is 69.7 Å². The molecule has 0 radical (unpaired) electrons. The van der Waals surface area contributed by atoms with Crippen LogP contribution in [0.1, 0.15) is 24.1 Å². The molecule has 1 unspecified atom stereocenters. The molecule has 0 saturated heterocycles. The summed E-state index contributed by atoms with van der Waals surface area (Å²) in [5.41, 5.74) is 1.72. The lowest BCUT2D eigenvalue weighted by molar-refractivity contribution is -0.121. The van der Waals surface area contributed by atoms with E-state index in [0.29, 0.717) is 15.6 Å². The zero-order valence-corrected chi connectivity index (χ0v) is 12.6. The third-order valence-corrected chi connectivity index (χ3v) is 3.78. The van der Waals surface area contributed by atoms with Crippen molar-refractivity contribution >= 4 is 29.1 Å². The first-order valence-corrected chi connectivity index (χ1v) is 7.10. The molecule has 1 atom stereocenters. The second-order valence-corrected chi connectivity index (χ2v) is 5.39. The summed E-state index contributed by atoms with van der Waals surface area (Å²) in [4.78, 5) is 12.1. The molecular weight excluding hydrogens is 293 g/mol. The summed E-state index contributed by atoms with van der Waals surface area (Å²) >= 11 is 12.1. The van der Waals surface area contributed by atoms with Crippen LogP contribution in [-0.4, -0.2) is 5.91 Å². The molecule has 2 aromatic rings. The molecule has 0 aliphatic rings. The van der Waals surface area contributed by atoms with Crippen LogP contribution in [-0.2, 0) is 11.2 Å². The Morgan fingerprint density at radius 1 is 1.05 bits per heavy atom. The van der Waals surface area contributed by atoms with E-state index in [2.05, 4.69) is 5.32 Å². The Balaban J connectivity index is 2.03. The third-order valence-electron chi connectivity index (χ3n) is 3.08. The average molecular weight is 308 g/mol. The Kier molecular flexibility index (Phi) is 5.05. The maximum Gasteiger partial charge on any atom is 0.225 e. The molecule has 0 bridgehead atoms. The van der Waals surface area contributed by atoms with Crippen LogP contribution in [0.4, 0.5) is 0 Å². The highest BCUT2D eigenvalue weighted by Crippen LogP contribution is 2.24. The Bertz CT molecular complexity index is 578. The third kappa shape index (κ3) is 3.75. The summed E-state index contributed by atoms with van der Waals surface area (Å²) in [5.74, 6) is -0.101. The predicted molar refractivity (Wildman–Crippen MR) is 83.2 cm³/mol. The first-order chi connectivity index (χ1) is 9.58. The van der Waals surface area contributed by atoms with Crippen LogP contribution in [0.25, 0.3) is 0 Å². The summed E-state index contributed by atoms with van der Waals surface area (Å²) < 4.78 is 0. The lowest BCUT2D eigenvalue weighted by atomic mass is 10.1. The van der Waals surface area contributed by atoms with Gasteiger partial charge in [-0.15, -0.1) is 0 Å². The minimum atomic E-state index is -0.101. The van der Waals surface area contributed by atoms with Gasteiger partial charge in [0.1, 0.15) is 0 Å². The fraction of sp³-hybridized carbons (Fsp3) is 0.188. The molecule has 2 aromatic carbocycles. The van der Waals surface area contributed by atoms with Gasteiger partial charge in [-0.25, -0.2) is 0 Å². The van der Waals surface area contributed by atoms with Gasteiger partial charge in [-0.05, 0) is 30.2 Å². The topological polar surface area (TPSA) is 29.1 Å². The number of hydrogen-bond acceptors (Lipinski definition) is 1. The van der Waals surface area contributed by atoms with Crippen LogP contribution in [0.2, 0.25) is 10.0 Å². The molecule has 1 amide bonds. The van der Waals surface area contributed by atoms with Crippen LogP contribution in [0, 0.1) is 0 Å². The van der Waals surface area contributed by atoms with Crippen LogP contribution < -0.4 is 5.32 Å². The molecule has 0 fully saturated rings.